The van der Waals surface area contributed by atoms with Crippen LogP contribution in [0, 0.1) is 0 Å². The lowest BCUT2D eigenvalue weighted by Gasteiger charge is -2.39. The number of hydrogen-bond acceptors (Lipinski definition) is 4. The normalized spacial score (nSPS) is 20.9. The lowest BCUT2D eigenvalue weighted by atomic mass is 9.97. The molecule has 126 valence electrons. The molecule has 2 atom stereocenters. The number of piperidine rings is 1. The van der Waals surface area contributed by atoms with Crippen molar-refractivity contribution in [1.82, 2.24) is 4.90 Å². The van der Waals surface area contributed by atoms with E-state index in [1.165, 1.54) is 0 Å². The Bertz CT molecular complexity index is 548. The topological polar surface area (TPSA) is 55.8 Å². The Morgan fingerprint density at radius 2 is 1.91 bits per heavy atom. The maximum Gasteiger partial charge on any atom is 0.260 e. The average Bonchev–Trinajstić information content (AvgIpc) is 2.53. The second-order valence-electron chi connectivity index (χ2n) is 5.98. The van der Waals surface area contributed by atoms with Crippen LogP contribution in [0.2, 0.25) is 0 Å². The maximum absolute atomic E-state index is 12.5. The maximum atomic E-state index is 12.5. The molecule has 1 aromatic carbocycles. The highest BCUT2D eigenvalue weighted by molar-refractivity contribution is 5.79. The van der Waals surface area contributed by atoms with Gasteiger partial charge in [0, 0.05) is 17.6 Å². The Hall–Kier alpha value is -2.04. The fourth-order valence-electron chi connectivity index (χ4n) is 3.11. The molecule has 5 nitrogen and oxygen atoms in total. The van der Waals surface area contributed by atoms with Gasteiger partial charge in [-0.2, -0.15) is 0 Å². The Morgan fingerprint density at radius 1 is 1.22 bits per heavy atom. The van der Waals surface area contributed by atoms with Gasteiger partial charge >= 0.3 is 0 Å². The highest BCUT2D eigenvalue weighted by Crippen LogP contribution is 2.29. The van der Waals surface area contributed by atoms with Gasteiger partial charge < -0.3 is 14.4 Å². The predicted molar refractivity (Wildman–Crippen MR) is 88.1 cm³/mol. The molecule has 2 rings (SSSR count). The molecule has 0 saturated carbocycles. The van der Waals surface area contributed by atoms with Crippen molar-refractivity contribution in [2.75, 3.05) is 13.2 Å². The smallest absolute Gasteiger partial charge is 0.260 e. The molecular weight excluding hydrogens is 294 g/mol. The molecule has 0 N–H and O–H groups in total. The van der Waals surface area contributed by atoms with Gasteiger partial charge in [-0.25, -0.2) is 0 Å². The van der Waals surface area contributed by atoms with Crippen LogP contribution in [0.4, 0.5) is 0 Å². The molecule has 0 spiro atoms. The van der Waals surface area contributed by atoms with Crippen molar-refractivity contribution in [1.29, 1.82) is 0 Å². The first-order chi connectivity index (χ1) is 11.1. The van der Waals surface area contributed by atoms with Crippen molar-refractivity contribution >= 4 is 12.2 Å². The third-order valence-electron chi connectivity index (χ3n) is 4.24. The number of aldehydes is 1. The van der Waals surface area contributed by atoms with E-state index in [9.17, 15) is 9.59 Å². The number of hydrogen-bond donors (Lipinski definition) is 0. The SMILES string of the molecule is CCOc1cc(C=O)ccc1OCC(=O)N1C(C)CCCC1C. The summed E-state index contributed by atoms with van der Waals surface area (Å²) in [6, 6.07) is 5.45. The molecule has 2 unspecified atom stereocenters. The van der Waals surface area contributed by atoms with Crippen LogP contribution < -0.4 is 9.47 Å². The lowest BCUT2D eigenvalue weighted by molar-refractivity contribution is -0.139. The fraction of sp³-hybridized carbons (Fsp3) is 0.556. The molecule has 0 radical (unpaired) electrons. The molecule has 1 saturated heterocycles. The molecule has 1 aliphatic rings. The summed E-state index contributed by atoms with van der Waals surface area (Å²) >= 11 is 0. The zero-order chi connectivity index (χ0) is 16.8. The summed E-state index contributed by atoms with van der Waals surface area (Å²) in [4.78, 5) is 25.3. The fourth-order valence-corrected chi connectivity index (χ4v) is 3.11. The molecule has 1 fully saturated rings. The lowest BCUT2D eigenvalue weighted by Crippen LogP contribution is -2.49. The van der Waals surface area contributed by atoms with Gasteiger partial charge in [0.15, 0.2) is 18.1 Å². The van der Waals surface area contributed by atoms with Crippen molar-refractivity contribution in [2.24, 2.45) is 0 Å². The molecule has 1 amide bonds. The second-order valence-corrected chi connectivity index (χ2v) is 5.98. The first kappa shape index (κ1) is 17.3. The van der Waals surface area contributed by atoms with E-state index >= 15 is 0 Å². The third kappa shape index (κ3) is 4.24. The Labute approximate surface area is 137 Å². The molecular formula is C18H25NO4. The highest BCUT2D eigenvalue weighted by Gasteiger charge is 2.29. The Kier molecular flexibility index (Phi) is 6.02. The molecule has 23 heavy (non-hydrogen) atoms. The number of rotatable bonds is 6. The second kappa shape index (κ2) is 7.99. The van der Waals surface area contributed by atoms with E-state index in [4.69, 9.17) is 9.47 Å². The first-order valence-electron chi connectivity index (χ1n) is 8.22. The predicted octanol–water partition coefficient (Wildman–Crippen LogP) is 3.07. The summed E-state index contributed by atoms with van der Waals surface area (Å²) in [7, 11) is 0. The van der Waals surface area contributed by atoms with E-state index in [0.717, 1.165) is 25.5 Å². The van der Waals surface area contributed by atoms with Gasteiger partial charge in [-0.15, -0.1) is 0 Å². The monoisotopic (exact) mass is 319 g/mol. The van der Waals surface area contributed by atoms with Crippen LogP contribution in [0.25, 0.3) is 0 Å². The summed E-state index contributed by atoms with van der Waals surface area (Å²) in [5.74, 6) is 0.972. The van der Waals surface area contributed by atoms with Gasteiger partial charge in [-0.3, -0.25) is 9.59 Å². The molecule has 1 aliphatic heterocycles. The van der Waals surface area contributed by atoms with Crippen molar-refractivity contribution in [3.63, 3.8) is 0 Å². The number of amides is 1. The van der Waals surface area contributed by atoms with Crippen LogP contribution in [0.3, 0.4) is 0 Å². The van der Waals surface area contributed by atoms with Crippen molar-refractivity contribution in [3.05, 3.63) is 23.8 Å². The van der Waals surface area contributed by atoms with Crippen LogP contribution in [-0.2, 0) is 4.79 Å². The molecule has 5 heteroatoms. The van der Waals surface area contributed by atoms with E-state index in [-0.39, 0.29) is 24.6 Å². The Morgan fingerprint density at radius 3 is 2.52 bits per heavy atom. The first-order valence-corrected chi connectivity index (χ1v) is 8.22. The van der Waals surface area contributed by atoms with Gasteiger partial charge in [0.25, 0.3) is 5.91 Å². The Balaban J connectivity index is 2.04. The molecule has 0 bridgehead atoms. The third-order valence-corrected chi connectivity index (χ3v) is 4.24. The molecule has 1 aromatic rings. The summed E-state index contributed by atoms with van der Waals surface area (Å²) in [5.41, 5.74) is 0.519. The van der Waals surface area contributed by atoms with E-state index in [2.05, 4.69) is 13.8 Å². The zero-order valence-corrected chi connectivity index (χ0v) is 14.1. The summed E-state index contributed by atoms with van der Waals surface area (Å²) in [6.45, 7) is 6.47. The van der Waals surface area contributed by atoms with E-state index in [1.54, 1.807) is 18.2 Å². The number of ether oxygens (including phenoxy) is 2. The van der Waals surface area contributed by atoms with Crippen molar-refractivity contribution in [2.45, 2.75) is 52.1 Å². The van der Waals surface area contributed by atoms with Crippen LogP contribution in [-0.4, -0.2) is 42.4 Å². The molecule has 0 aliphatic carbocycles. The molecule has 1 heterocycles. The number of benzene rings is 1. The standard InChI is InChI=1S/C18H25NO4/c1-4-22-17-10-15(11-20)8-9-16(17)23-12-18(21)19-13(2)6-5-7-14(19)3/h8-11,13-14H,4-7,12H2,1-3H3. The summed E-state index contributed by atoms with van der Waals surface area (Å²) < 4.78 is 11.2. The minimum absolute atomic E-state index is 0.00777. The average molecular weight is 319 g/mol. The minimum Gasteiger partial charge on any atom is -0.490 e. The van der Waals surface area contributed by atoms with E-state index in [0.29, 0.717) is 23.7 Å². The van der Waals surface area contributed by atoms with Crippen LogP contribution >= 0.6 is 0 Å². The number of carbonyl (C=O) groups excluding carboxylic acids is 2. The molecule has 0 aromatic heterocycles. The minimum atomic E-state index is -0.0187. The summed E-state index contributed by atoms with van der Waals surface area (Å²) in [5, 5.41) is 0. The van der Waals surface area contributed by atoms with E-state index < -0.39 is 0 Å². The van der Waals surface area contributed by atoms with Gasteiger partial charge in [0.05, 0.1) is 6.61 Å². The van der Waals surface area contributed by atoms with Crippen molar-refractivity contribution in [3.8, 4) is 11.5 Å². The zero-order valence-electron chi connectivity index (χ0n) is 14.1. The van der Waals surface area contributed by atoms with Gasteiger partial charge in [0.2, 0.25) is 0 Å². The van der Waals surface area contributed by atoms with Gasteiger partial charge in [-0.1, -0.05) is 0 Å². The van der Waals surface area contributed by atoms with Crippen LogP contribution in [0.5, 0.6) is 11.5 Å². The number of carbonyl (C=O) groups is 2. The van der Waals surface area contributed by atoms with E-state index in [1.807, 2.05) is 11.8 Å². The largest absolute Gasteiger partial charge is 0.490 e. The summed E-state index contributed by atoms with van der Waals surface area (Å²) in [6.07, 6.45) is 3.99. The van der Waals surface area contributed by atoms with Gasteiger partial charge in [0.1, 0.15) is 6.29 Å². The quantitative estimate of drug-likeness (QED) is 0.756. The van der Waals surface area contributed by atoms with Gasteiger partial charge in [-0.05, 0) is 58.2 Å². The number of nitrogens with zero attached hydrogens (tertiary/aromatic N) is 1. The highest BCUT2D eigenvalue weighted by atomic mass is 16.5. The van der Waals surface area contributed by atoms with Crippen molar-refractivity contribution < 1.29 is 19.1 Å². The van der Waals surface area contributed by atoms with Crippen LogP contribution in [0.1, 0.15) is 50.4 Å². The van der Waals surface area contributed by atoms with Crippen LogP contribution in [0.15, 0.2) is 18.2 Å². The number of likely N-dealkylation sites (tertiary alicyclic amines) is 1.